The molecule has 5 fully saturated rings. The maximum Gasteiger partial charge on any atom is 0.338 e. The van der Waals surface area contributed by atoms with Gasteiger partial charge in [-0.2, -0.15) is 0 Å². The van der Waals surface area contributed by atoms with Gasteiger partial charge in [-0.25, -0.2) is 9.59 Å². The summed E-state index contributed by atoms with van der Waals surface area (Å²) < 4.78 is 36.0. The topological polar surface area (TPSA) is 271 Å². The highest BCUT2D eigenvalue weighted by atomic mass is 16.6. The van der Waals surface area contributed by atoms with Gasteiger partial charge >= 0.3 is 29.8 Å². The zero-order valence-corrected chi connectivity index (χ0v) is 47.7. The molecule has 5 N–H and O–H groups in total. The van der Waals surface area contributed by atoms with E-state index in [0.717, 1.165) is 32.3 Å². The number of amides is 1. The van der Waals surface area contributed by atoms with Crippen LogP contribution in [0.1, 0.15) is 124 Å². The van der Waals surface area contributed by atoms with Gasteiger partial charge in [0.25, 0.3) is 5.91 Å². The van der Waals surface area contributed by atoms with Gasteiger partial charge in [0, 0.05) is 49.8 Å². The minimum Gasteiger partial charge on any atom is -0.462 e. The van der Waals surface area contributed by atoms with Crippen molar-refractivity contribution in [1.82, 2.24) is 10.2 Å². The van der Waals surface area contributed by atoms with Gasteiger partial charge in [0.1, 0.15) is 35.9 Å². The number of benzene rings is 4. The van der Waals surface area contributed by atoms with Gasteiger partial charge in [-0.1, -0.05) is 111 Å². The van der Waals surface area contributed by atoms with Gasteiger partial charge in [0.2, 0.25) is 0 Å². The highest BCUT2D eigenvalue weighted by molar-refractivity contribution is 5.96. The molecular weight excluding hydrogens is 1070 g/mol. The quantitative estimate of drug-likeness (QED) is 0.0578. The Bertz CT molecular complexity index is 3070. The van der Waals surface area contributed by atoms with E-state index in [4.69, 9.17) is 28.4 Å². The Morgan fingerprint density at radius 1 is 0.735 bits per heavy atom. The summed E-state index contributed by atoms with van der Waals surface area (Å²) in [4.78, 5) is 98.2. The molecule has 6 aliphatic rings. The number of esters is 5. The number of Topliss-reactive ketones (excluding diaryl/α,β-unsaturated/α-hetero) is 1. The van der Waals surface area contributed by atoms with Crippen molar-refractivity contribution in [1.29, 1.82) is 0 Å². The Morgan fingerprint density at radius 2 is 1.29 bits per heavy atom. The number of nitrogens with zero attached hydrogens (tertiary/aromatic N) is 1. The third kappa shape index (κ3) is 11.4. The Hall–Kier alpha value is -7.13. The molecule has 10 rings (SSSR count). The first-order valence-electron chi connectivity index (χ1n) is 28.2. The molecule has 19 nitrogen and oxygen atoms in total. The molecule has 0 radical (unpaired) electrons. The Balaban J connectivity index is 0.000000328. The second-order valence-electron chi connectivity index (χ2n) is 23.6. The number of ether oxygens (including phenoxy) is 6. The van der Waals surface area contributed by atoms with Crippen LogP contribution in [0.5, 0.6) is 0 Å². The molecule has 0 spiro atoms. The fourth-order valence-corrected chi connectivity index (χ4v) is 13.9. The Kier molecular flexibility index (Phi) is 17.6. The number of fused-ring (bicyclic) bond motifs is 7. The summed E-state index contributed by atoms with van der Waals surface area (Å²) in [7, 11) is 2.17. The van der Waals surface area contributed by atoms with Crippen LogP contribution in [-0.2, 0) is 52.4 Å². The Labute approximate surface area is 482 Å². The number of carbonyl (C=O) groups excluding carboxylic acids is 7. The van der Waals surface area contributed by atoms with Crippen LogP contribution in [0.2, 0.25) is 0 Å². The van der Waals surface area contributed by atoms with Gasteiger partial charge in [-0.15, -0.1) is 0 Å². The number of aliphatic hydroxyl groups is 4. The summed E-state index contributed by atoms with van der Waals surface area (Å²) in [6, 6.07) is 33.4. The van der Waals surface area contributed by atoms with Crippen molar-refractivity contribution >= 4 is 41.5 Å². The number of hydrogen-bond acceptors (Lipinski definition) is 18. The van der Waals surface area contributed by atoms with Crippen LogP contribution in [0.4, 0.5) is 0 Å². The van der Waals surface area contributed by atoms with Crippen molar-refractivity contribution in [2.24, 2.45) is 16.7 Å². The molecule has 19 heteroatoms. The minimum atomic E-state index is -2.39. The molecule has 0 aromatic heterocycles. The monoisotopic (exact) mass is 1140 g/mol. The van der Waals surface area contributed by atoms with Gasteiger partial charge in [-0.3, -0.25) is 24.0 Å². The predicted octanol–water partition coefficient (Wildman–Crippen LogP) is 5.67. The summed E-state index contributed by atoms with van der Waals surface area (Å²) in [5.74, 6) is -7.70. The maximum absolute atomic E-state index is 15.5. The molecule has 3 heterocycles. The number of carbonyl (C=O) groups is 7. The third-order valence-corrected chi connectivity index (χ3v) is 18.5. The lowest BCUT2D eigenvalue weighted by molar-refractivity contribution is -0.346. The van der Waals surface area contributed by atoms with E-state index in [1.165, 1.54) is 38.8 Å². The average molecular weight is 1140 g/mol. The summed E-state index contributed by atoms with van der Waals surface area (Å²) in [6.45, 7) is 7.77. The van der Waals surface area contributed by atoms with Crippen molar-refractivity contribution < 1.29 is 82.4 Å². The molecule has 15 atom stereocenters. The number of hydrogen-bond donors (Lipinski definition) is 5. The summed E-state index contributed by atoms with van der Waals surface area (Å²) in [6.07, 6.45) is -6.25. The number of piperidine rings is 1. The van der Waals surface area contributed by atoms with Crippen LogP contribution in [0.3, 0.4) is 0 Å². The molecule has 442 valence electrons. The molecule has 2 unspecified atom stereocenters. The van der Waals surface area contributed by atoms with Crippen molar-refractivity contribution in [3.05, 3.63) is 155 Å². The lowest BCUT2D eigenvalue weighted by Crippen LogP contribution is -2.82. The van der Waals surface area contributed by atoms with E-state index >= 15 is 4.79 Å². The third-order valence-electron chi connectivity index (χ3n) is 18.5. The summed E-state index contributed by atoms with van der Waals surface area (Å²) in [5, 5.41) is 49.8. The van der Waals surface area contributed by atoms with Crippen LogP contribution < -0.4 is 5.32 Å². The molecule has 3 aliphatic carbocycles. The van der Waals surface area contributed by atoms with Crippen LogP contribution in [0.25, 0.3) is 0 Å². The van der Waals surface area contributed by atoms with E-state index in [1.54, 1.807) is 92.7 Å². The molecule has 4 aromatic rings. The summed E-state index contributed by atoms with van der Waals surface area (Å²) >= 11 is 0. The van der Waals surface area contributed by atoms with Crippen molar-refractivity contribution in [3.8, 4) is 0 Å². The van der Waals surface area contributed by atoms with Crippen LogP contribution in [-0.4, -0.2) is 153 Å². The van der Waals surface area contributed by atoms with E-state index < -0.39 is 119 Å². The number of rotatable bonds is 14. The molecular formula is C64H74N2O17. The lowest BCUT2D eigenvalue weighted by Gasteiger charge is -2.67. The van der Waals surface area contributed by atoms with E-state index in [1.807, 2.05) is 30.3 Å². The number of nitrogens with one attached hydrogen (secondary N) is 1. The van der Waals surface area contributed by atoms with Gasteiger partial charge < -0.3 is 59.1 Å². The molecule has 3 saturated heterocycles. The largest absolute Gasteiger partial charge is 0.462 e. The van der Waals surface area contributed by atoms with Crippen LogP contribution >= 0.6 is 0 Å². The molecule has 1 amide bonds. The van der Waals surface area contributed by atoms with Gasteiger partial charge in [0.15, 0.2) is 23.6 Å². The molecule has 2 saturated carbocycles. The minimum absolute atomic E-state index is 0.00289. The maximum atomic E-state index is 15.5. The lowest BCUT2D eigenvalue weighted by atomic mass is 9.44. The smallest absolute Gasteiger partial charge is 0.338 e. The second-order valence-corrected chi connectivity index (χ2v) is 23.6. The fraction of sp³-hybridized carbons (Fsp3) is 0.484. The Morgan fingerprint density at radius 3 is 1.82 bits per heavy atom. The average Bonchev–Trinajstić information content (AvgIpc) is 2.61. The standard InChI is InChI=1S/C47H51NO14.C17H23NO3/c1-25-31(60-43(56)36(52)35(28-16-10-7-11-17-28)48-41(54)29-18-12-8-13-19-29)23-47(57)40(61-42(55)30-20-14-9-15-21-30)38-45(6,32(51)22-33-46(38,24-58-33)62-27(3)50)39(53)37(59-26(2)49)34(25)44(47,4)5;1-18-13-7-8-14(18)10-15(9-13)21-17(20)16(11-19)12-5-3-2-4-6-12/h7-21,31-33,35-38,40,51-52,57H,22-24H2,1-6H3,(H,48,54);2-6,13-16,19H,7-11H2,1H3/t31-,32-,33+,35-,36+,37+,38-,40-,45+,46-,47+;13-,14+,15?,16?/m0./s1. The number of aliphatic hydroxyl groups excluding tert-OH is 3. The van der Waals surface area contributed by atoms with E-state index in [2.05, 4.69) is 17.3 Å². The highest BCUT2D eigenvalue weighted by Crippen LogP contribution is 2.64. The molecule has 4 aromatic carbocycles. The van der Waals surface area contributed by atoms with Crippen LogP contribution in [0, 0.1) is 16.7 Å². The van der Waals surface area contributed by atoms with Gasteiger partial charge in [-0.05, 0) is 93.1 Å². The van der Waals surface area contributed by atoms with E-state index in [-0.39, 0.29) is 54.0 Å². The first-order chi connectivity index (χ1) is 39.5. The van der Waals surface area contributed by atoms with E-state index in [9.17, 15) is 49.2 Å². The molecule has 4 bridgehead atoms. The second kappa shape index (κ2) is 24.2. The van der Waals surface area contributed by atoms with Gasteiger partial charge in [0.05, 0.1) is 42.3 Å². The molecule has 3 aliphatic heterocycles. The van der Waals surface area contributed by atoms with Crippen LogP contribution in [0.15, 0.2) is 132 Å². The SMILES string of the molecule is CC(=O)O[C@H]1C(=O)[C@@]2(C)[C@H]([C@H](OC(=O)c3ccccc3)[C@]3(O)C[C@H](OC(=O)[C@H](O)[C@@H](NC(=O)c4ccccc4)c4ccccc4)C(C)=C1C3(C)C)[C@]1(OC(C)=O)CO[C@@H]1C[C@@H]2O.CN1[C@@H]2CC[C@H]1CC(OC(=O)C(CO)c1ccccc1)C2. The molecule has 83 heavy (non-hydrogen) atoms. The normalized spacial score (nSPS) is 31.4. The van der Waals surface area contributed by atoms with Crippen molar-refractivity contribution in [2.45, 2.75) is 158 Å². The predicted molar refractivity (Wildman–Crippen MR) is 298 cm³/mol. The highest BCUT2D eigenvalue weighted by Gasteiger charge is 2.78. The first kappa shape index (κ1) is 60.5. The fourth-order valence-electron chi connectivity index (χ4n) is 13.9. The van der Waals surface area contributed by atoms with Crippen molar-refractivity contribution in [3.63, 3.8) is 0 Å². The van der Waals surface area contributed by atoms with E-state index in [0.29, 0.717) is 17.6 Å². The number of ketones is 1. The van der Waals surface area contributed by atoms with Crippen molar-refractivity contribution in [2.75, 3.05) is 20.3 Å². The zero-order valence-electron chi connectivity index (χ0n) is 47.7. The zero-order chi connectivity index (χ0) is 59.8. The summed E-state index contributed by atoms with van der Waals surface area (Å²) in [5.41, 5.74) is -6.20. The first-order valence-corrected chi connectivity index (χ1v) is 28.2.